The fraction of sp³-hybridized carbons (Fsp3) is 0.733. The number of hydrogen-bond donors (Lipinski definition) is 4. The van der Waals surface area contributed by atoms with E-state index >= 15 is 0 Å². The maximum absolute atomic E-state index is 12.3. The third kappa shape index (κ3) is 3.11. The number of rotatable bonds is 4. The van der Waals surface area contributed by atoms with Gasteiger partial charge in [0.05, 0.1) is 30.4 Å². The summed E-state index contributed by atoms with van der Waals surface area (Å²) >= 11 is 0. The molecule has 0 saturated heterocycles. The van der Waals surface area contributed by atoms with Crippen LogP contribution in [0, 0.1) is 5.41 Å². The van der Waals surface area contributed by atoms with Gasteiger partial charge < -0.3 is 15.4 Å². The van der Waals surface area contributed by atoms with Crippen LogP contribution in [0.1, 0.15) is 43.5 Å². The largest absolute Gasteiger partial charge is 0.396 e. The van der Waals surface area contributed by atoms with Crippen molar-refractivity contribution < 1.29 is 9.90 Å². The lowest BCUT2D eigenvalue weighted by molar-refractivity contribution is -0.124. The Bertz CT molecular complexity index is 494. The van der Waals surface area contributed by atoms with Crippen molar-refractivity contribution in [2.75, 3.05) is 13.2 Å². The lowest BCUT2D eigenvalue weighted by Crippen LogP contribution is -2.51. The van der Waals surface area contributed by atoms with Crippen molar-refractivity contribution in [2.24, 2.45) is 5.41 Å². The normalized spacial score (nSPS) is 24.3. The van der Waals surface area contributed by atoms with Gasteiger partial charge in [0.15, 0.2) is 0 Å². The second-order valence-corrected chi connectivity index (χ2v) is 6.40. The zero-order valence-corrected chi connectivity index (χ0v) is 12.3. The molecule has 0 aromatic carbocycles. The maximum atomic E-state index is 12.3. The van der Waals surface area contributed by atoms with E-state index in [0.29, 0.717) is 19.5 Å². The summed E-state index contributed by atoms with van der Waals surface area (Å²) in [5.41, 5.74) is 1.93. The van der Waals surface area contributed by atoms with Gasteiger partial charge in [-0.2, -0.15) is 0 Å². The molecule has 1 aliphatic heterocycles. The Hall–Kier alpha value is -1.40. The Kier molecular flexibility index (Phi) is 4.26. The van der Waals surface area contributed by atoms with Crippen LogP contribution in [0.2, 0.25) is 0 Å². The molecule has 0 bridgehead atoms. The van der Waals surface area contributed by atoms with Crippen LogP contribution < -0.4 is 10.6 Å². The first kappa shape index (κ1) is 14.5. The lowest BCUT2D eigenvalue weighted by Gasteiger charge is -2.36. The van der Waals surface area contributed by atoms with Gasteiger partial charge in [-0.3, -0.25) is 10.1 Å². The minimum atomic E-state index is -0.222. The van der Waals surface area contributed by atoms with E-state index in [-0.39, 0.29) is 24.0 Å². The highest BCUT2D eigenvalue weighted by atomic mass is 16.3. The topological polar surface area (TPSA) is 90.0 Å². The molecule has 1 saturated carbocycles. The van der Waals surface area contributed by atoms with Crippen molar-refractivity contribution in [1.82, 2.24) is 20.6 Å². The summed E-state index contributed by atoms with van der Waals surface area (Å²) in [7, 11) is 0. The Morgan fingerprint density at radius 1 is 1.43 bits per heavy atom. The molecule has 1 aromatic rings. The quantitative estimate of drug-likeness (QED) is 0.650. The number of nitrogens with zero attached hydrogens (tertiary/aromatic N) is 1. The van der Waals surface area contributed by atoms with Crippen molar-refractivity contribution in [3.8, 4) is 0 Å². The van der Waals surface area contributed by atoms with Crippen molar-refractivity contribution in [1.29, 1.82) is 0 Å². The summed E-state index contributed by atoms with van der Waals surface area (Å²) < 4.78 is 0. The average Bonchev–Trinajstić information content (AvgIpc) is 3.01. The molecule has 1 fully saturated rings. The number of aliphatic hydroxyl groups is 1. The van der Waals surface area contributed by atoms with E-state index in [1.807, 2.05) is 0 Å². The summed E-state index contributed by atoms with van der Waals surface area (Å²) in [4.78, 5) is 19.7. The van der Waals surface area contributed by atoms with Gasteiger partial charge in [0.2, 0.25) is 5.91 Å². The molecule has 1 atom stereocenters. The van der Waals surface area contributed by atoms with Gasteiger partial charge in [-0.1, -0.05) is 19.3 Å². The number of fused-ring (bicyclic) bond motifs is 1. The number of carbonyl (C=O) groups excluding carboxylic acids is 1. The summed E-state index contributed by atoms with van der Waals surface area (Å²) in [5.74, 6) is 0.0158. The first-order chi connectivity index (χ1) is 10.2. The average molecular weight is 292 g/mol. The SMILES string of the molecule is O=C(NCC1(CO)CCCCC1)C1Cc2nc[nH]c2CN1. The Morgan fingerprint density at radius 2 is 2.24 bits per heavy atom. The predicted octanol–water partition coefficient (Wildman–Crippen LogP) is 0.483. The summed E-state index contributed by atoms with van der Waals surface area (Å²) in [6.45, 7) is 1.39. The Labute approximate surface area is 124 Å². The zero-order valence-electron chi connectivity index (χ0n) is 12.3. The number of H-pyrrole nitrogens is 1. The van der Waals surface area contributed by atoms with Crippen LogP contribution in [-0.4, -0.2) is 40.2 Å². The van der Waals surface area contributed by atoms with Gasteiger partial charge in [0.25, 0.3) is 0 Å². The van der Waals surface area contributed by atoms with E-state index in [2.05, 4.69) is 20.6 Å². The molecule has 6 heteroatoms. The van der Waals surface area contributed by atoms with Gasteiger partial charge in [-0.05, 0) is 12.8 Å². The van der Waals surface area contributed by atoms with Crippen LogP contribution in [-0.2, 0) is 17.8 Å². The Balaban J connectivity index is 1.54. The number of carbonyl (C=O) groups is 1. The molecule has 1 aromatic heterocycles. The minimum absolute atomic E-state index is 0.0158. The van der Waals surface area contributed by atoms with Crippen LogP contribution in [0.15, 0.2) is 6.33 Å². The number of aromatic amines is 1. The van der Waals surface area contributed by atoms with Crippen molar-refractivity contribution in [3.05, 3.63) is 17.7 Å². The number of amides is 1. The molecule has 1 aliphatic carbocycles. The van der Waals surface area contributed by atoms with E-state index < -0.39 is 0 Å². The molecule has 1 amide bonds. The second-order valence-electron chi connectivity index (χ2n) is 6.40. The first-order valence-electron chi connectivity index (χ1n) is 7.85. The number of hydrogen-bond acceptors (Lipinski definition) is 4. The molecule has 0 spiro atoms. The fourth-order valence-electron chi connectivity index (χ4n) is 3.44. The van der Waals surface area contributed by atoms with Crippen molar-refractivity contribution in [3.63, 3.8) is 0 Å². The summed E-state index contributed by atoms with van der Waals surface area (Å²) in [6.07, 6.45) is 7.84. The monoisotopic (exact) mass is 292 g/mol. The number of aromatic nitrogens is 2. The van der Waals surface area contributed by atoms with E-state index in [9.17, 15) is 9.90 Å². The van der Waals surface area contributed by atoms with Crippen LogP contribution in [0.4, 0.5) is 0 Å². The molecule has 2 aliphatic rings. The maximum Gasteiger partial charge on any atom is 0.237 e. The lowest BCUT2D eigenvalue weighted by atomic mass is 9.74. The molecule has 2 heterocycles. The Morgan fingerprint density at radius 3 is 3.00 bits per heavy atom. The zero-order chi connectivity index (χ0) is 14.7. The molecule has 4 N–H and O–H groups in total. The molecule has 21 heavy (non-hydrogen) atoms. The van der Waals surface area contributed by atoms with E-state index in [1.165, 1.54) is 6.42 Å². The van der Waals surface area contributed by atoms with Crippen LogP contribution in [0.3, 0.4) is 0 Å². The number of imidazole rings is 1. The minimum Gasteiger partial charge on any atom is -0.396 e. The number of aliphatic hydroxyl groups excluding tert-OH is 1. The van der Waals surface area contributed by atoms with Gasteiger partial charge in [-0.25, -0.2) is 4.98 Å². The highest BCUT2D eigenvalue weighted by Crippen LogP contribution is 2.35. The third-order valence-electron chi connectivity index (χ3n) is 4.93. The molecular weight excluding hydrogens is 268 g/mol. The van der Waals surface area contributed by atoms with Gasteiger partial charge >= 0.3 is 0 Å². The molecule has 116 valence electrons. The van der Waals surface area contributed by atoms with E-state index in [4.69, 9.17) is 0 Å². The molecule has 1 unspecified atom stereocenters. The standard InChI is InChI=1S/C15H24N4O2/c20-9-15(4-2-1-3-5-15)8-17-14(21)12-6-11-13(7-16-12)19-10-18-11/h10,12,16,20H,1-9H2,(H,17,21)(H,18,19). The van der Waals surface area contributed by atoms with Crippen molar-refractivity contribution >= 4 is 5.91 Å². The van der Waals surface area contributed by atoms with Gasteiger partial charge in [0.1, 0.15) is 0 Å². The summed E-state index contributed by atoms with van der Waals surface area (Å²) in [6, 6.07) is -0.222. The smallest absolute Gasteiger partial charge is 0.237 e. The molecule has 6 nitrogen and oxygen atoms in total. The molecule has 0 radical (unpaired) electrons. The fourth-order valence-corrected chi connectivity index (χ4v) is 3.44. The van der Waals surface area contributed by atoms with Crippen LogP contribution in [0.25, 0.3) is 0 Å². The highest BCUT2D eigenvalue weighted by molar-refractivity contribution is 5.82. The number of nitrogens with one attached hydrogen (secondary N) is 3. The molecular formula is C15H24N4O2. The van der Waals surface area contributed by atoms with Gasteiger partial charge in [0, 0.05) is 24.9 Å². The van der Waals surface area contributed by atoms with Gasteiger partial charge in [-0.15, -0.1) is 0 Å². The van der Waals surface area contributed by atoms with E-state index in [1.54, 1.807) is 6.33 Å². The van der Waals surface area contributed by atoms with Crippen LogP contribution in [0.5, 0.6) is 0 Å². The van der Waals surface area contributed by atoms with Crippen LogP contribution >= 0.6 is 0 Å². The highest BCUT2D eigenvalue weighted by Gasteiger charge is 2.33. The van der Waals surface area contributed by atoms with Crippen molar-refractivity contribution in [2.45, 2.75) is 51.1 Å². The third-order valence-corrected chi connectivity index (χ3v) is 4.93. The second kappa shape index (κ2) is 6.15. The van der Waals surface area contributed by atoms with E-state index in [0.717, 1.165) is 37.1 Å². The summed E-state index contributed by atoms with van der Waals surface area (Å²) in [5, 5.41) is 16.0. The molecule has 3 rings (SSSR count). The predicted molar refractivity (Wildman–Crippen MR) is 78.5 cm³/mol. The first-order valence-corrected chi connectivity index (χ1v) is 7.85.